The molecule has 0 aliphatic carbocycles. The monoisotopic (exact) mass is 393 g/mol. The lowest BCUT2D eigenvalue weighted by atomic mass is 9.91. The SMILES string of the molecule is C[C@@]1(c2cc(F)ccc2F)NC(=O)N(CC(=O)Nc2ccccc2Cl)C1=O. The Balaban J connectivity index is 1.81. The van der Waals surface area contributed by atoms with E-state index in [0.29, 0.717) is 10.6 Å². The van der Waals surface area contributed by atoms with Gasteiger partial charge in [-0.2, -0.15) is 0 Å². The minimum atomic E-state index is -1.83. The highest BCUT2D eigenvalue weighted by Crippen LogP contribution is 2.31. The zero-order chi connectivity index (χ0) is 19.8. The van der Waals surface area contributed by atoms with Gasteiger partial charge in [-0.15, -0.1) is 0 Å². The fraction of sp³-hybridized carbons (Fsp3) is 0.167. The first kappa shape index (κ1) is 18.8. The number of hydrogen-bond donors (Lipinski definition) is 2. The van der Waals surface area contributed by atoms with Crippen LogP contribution >= 0.6 is 11.6 Å². The molecule has 6 nitrogen and oxygen atoms in total. The van der Waals surface area contributed by atoms with Crippen LogP contribution in [0.25, 0.3) is 0 Å². The summed E-state index contributed by atoms with van der Waals surface area (Å²) in [6.45, 7) is 0.638. The molecule has 0 aromatic heterocycles. The number of benzene rings is 2. The van der Waals surface area contributed by atoms with Crippen LogP contribution in [0.5, 0.6) is 0 Å². The molecule has 1 aliphatic heterocycles. The van der Waals surface area contributed by atoms with E-state index in [1.165, 1.54) is 6.92 Å². The highest BCUT2D eigenvalue weighted by atomic mass is 35.5. The molecule has 0 unspecified atom stereocenters. The number of nitrogens with one attached hydrogen (secondary N) is 2. The Morgan fingerprint density at radius 2 is 1.93 bits per heavy atom. The second kappa shape index (κ2) is 6.96. The van der Waals surface area contributed by atoms with Crippen LogP contribution in [-0.2, 0) is 15.1 Å². The summed E-state index contributed by atoms with van der Waals surface area (Å²) in [5.41, 5.74) is -1.83. The Bertz CT molecular complexity index is 953. The third kappa shape index (κ3) is 3.48. The normalized spacial score (nSPS) is 19.2. The number of urea groups is 1. The average Bonchev–Trinajstić information content (AvgIpc) is 2.83. The molecular weight excluding hydrogens is 380 g/mol. The number of carbonyl (C=O) groups is 3. The maximum Gasteiger partial charge on any atom is 0.325 e. The van der Waals surface area contributed by atoms with E-state index in [4.69, 9.17) is 11.6 Å². The summed E-state index contributed by atoms with van der Waals surface area (Å²) < 4.78 is 27.6. The Morgan fingerprint density at radius 1 is 1.22 bits per heavy atom. The summed E-state index contributed by atoms with van der Waals surface area (Å²) in [6.07, 6.45) is 0. The molecule has 2 aromatic rings. The summed E-state index contributed by atoms with van der Waals surface area (Å²) in [4.78, 5) is 37.7. The van der Waals surface area contributed by atoms with Gasteiger partial charge >= 0.3 is 6.03 Å². The van der Waals surface area contributed by atoms with Gasteiger partial charge in [-0.05, 0) is 37.3 Å². The van der Waals surface area contributed by atoms with Crippen molar-refractivity contribution in [3.63, 3.8) is 0 Å². The second-order valence-corrected chi connectivity index (χ2v) is 6.51. The van der Waals surface area contributed by atoms with Gasteiger partial charge in [-0.25, -0.2) is 13.6 Å². The van der Waals surface area contributed by atoms with E-state index in [2.05, 4.69) is 10.6 Å². The number of rotatable bonds is 4. The van der Waals surface area contributed by atoms with E-state index in [1.807, 2.05) is 0 Å². The molecule has 1 aliphatic rings. The maximum absolute atomic E-state index is 14.1. The molecule has 2 aromatic carbocycles. The smallest absolute Gasteiger partial charge is 0.323 e. The first-order valence-corrected chi connectivity index (χ1v) is 8.24. The molecule has 140 valence electrons. The second-order valence-electron chi connectivity index (χ2n) is 6.10. The van der Waals surface area contributed by atoms with Crippen LogP contribution in [-0.4, -0.2) is 29.3 Å². The highest BCUT2D eigenvalue weighted by molar-refractivity contribution is 6.33. The molecule has 27 heavy (non-hydrogen) atoms. The average molecular weight is 394 g/mol. The van der Waals surface area contributed by atoms with Gasteiger partial charge in [0.1, 0.15) is 23.7 Å². The minimum Gasteiger partial charge on any atom is -0.323 e. The number of carbonyl (C=O) groups excluding carboxylic acids is 3. The van der Waals surface area contributed by atoms with Crippen molar-refractivity contribution in [3.8, 4) is 0 Å². The van der Waals surface area contributed by atoms with Gasteiger partial charge in [0.05, 0.1) is 10.7 Å². The van der Waals surface area contributed by atoms with E-state index in [9.17, 15) is 23.2 Å². The lowest BCUT2D eigenvalue weighted by Gasteiger charge is -2.22. The molecule has 2 N–H and O–H groups in total. The van der Waals surface area contributed by atoms with Crippen LogP contribution in [0.4, 0.5) is 19.3 Å². The van der Waals surface area contributed by atoms with Gasteiger partial charge in [-0.1, -0.05) is 23.7 Å². The quantitative estimate of drug-likeness (QED) is 0.784. The zero-order valence-corrected chi connectivity index (χ0v) is 14.8. The van der Waals surface area contributed by atoms with E-state index in [1.54, 1.807) is 24.3 Å². The fourth-order valence-electron chi connectivity index (χ4n) is 2.80. The maximum atomic E-state index is 14.1. The first-order valence-electron chi connectivity index (χ1n) is 7.86. The van der Waals surface area contributed by atoms with Crippen LogP contribution in [0.1, 0.15) is 12.5 Å². The van der Waals surface area contributed by atoms with Crippen LogP contribution in [0.2, 0.25) is 5.02 Å². The van der Waals surface area contributed by atoms with Crippen molar-refractivity contribution in [2.75, 3.05) is 11.9 Å². The van der Waals surface area contributed by atoms with Crippen molar-refractivity contribution in [1.82, 2.24) is 10.2 Å². The largest absolute Gasteiger partial charge is 0.325 e. The van der Waals surface area contributed by atoms with Crippen LogP contribution < -0.4 is 10.6 Å². The van der Waals surface area contributed by atoms with E-state index < -0.39 is 41.6 Å². The lowest BCUT2D eigenvalue weighted by Crippen LogP contribution is -2.42. The molecule has 3 rings (SSSR count). The summed E-state index contributed by atoms with van der Waals surface area (Å²) in [6, 6.07) is 8.15. The number of para-hydroxylation sites is 1. The van der Waals surface area contributed by atoms with Crippen molar-refractivity contribution < 1.29 is 23.2 Å². The molecule has 1 saturated heterocycles. The molecule has 0 radical (unpaired) electrons. The van der Waals surface area contributed by atoms with Crippen LogP contribution in [0.15, 0.2) is 42.5 Å². The van der Waals surface area contributed by atoms with Gasteiger partial charge in [-0.3, -0.25) is 14.5 Å². The lowest BCUT2D eigenvalue weighted by molar-refractivity contribution is -0.133. The summed E-state index contributed by atoms with van der Waals surface area (Å²) in [7, 11) is 0. The van der Waals surface area contributed by atoms with Crippen molar-refractivity contribution in [3.05, 3.63) is 64.7 Å². The number of hydrogen-bond acceptors (Lipinski definition) is 3. The van der Waals surface area contributed by atoms with Gasteiger partial charge in [0.25, 0.3) is 5.91 Å². The summed E-state index contributed by atoms with van der Waals surface area (Å²) in [5, 5.41) is 5.09. The topological polar surface area (TPSA) is 78.5 Å². The molecule has 4 amide bonds. The molecule has 1 fully saturated rings. The number of nitrogens with zero attached hydrogens (tertiary/aromatic N) is 1. The summed E-state index contributed by atoms with van der Waals surface area (Å²) >= 11 is 5.95. The standard InChI is InChI=1S/C18H14ClF2N3O3/c1-18(11-8-10(20)6-7-13(11)21)16(26)24(17(27)23-18)9-15(25)22-14-5-3-2-4-12(14)19/h2-8H,9H2,1H3,(H,22,25)(H,23,27)/t18-/m0/s1. The Hall–Kier alpha value is -3.00. The third-order valence-corrected chi connectivity index (χ3v) is 4.52. The first-order chi connectivity index (χ1) is 12.7. The van der Waals surface area contributed by atoms with Crippen LogP contribution in [0, 0.1) is 11.6 Å². The Labute approximate surface area is 158 Å². The van der Waals surface area contributed by atoms with Crippen molar-refractivity contribution >= 4 is 35.1 Å². The van der Waals surface area contributed by atoms with Crippen molar-refractivity contribution in [1.29, 1.82) is 0 Å². The van der Waals surface area contributed by atoms with Gasteiger partial charge < -0.3 is 10.6 Å². The number of halogens is 3. The van der Waals surface area contributed by atoms with E-state index >= 15 is 0 Å². The molecular formula is C18H14ClF2N3O3. The van der Waals surface area contributed by atoms with Gasteiger partial charge in [0.15, 0.2) is 0 Å². The van der Waals surface area contributed by atoms with Crippen molar-refractivity contribution in [2.24, 2.45) is 0 Å². The molecule has 0 bridgehead atoms. The Morgan fingerprint density at radius 3 is 2.63 bits per heavy atom. The zero-order valence-electron chi connectivity index (χ0n) is 14.1. The molecule has 1 atom stereocenters. The van der Waals surface area contributed by atoms with Gasteiger partial charge in [0.2, 0.25) is 5.91 Å². The molecule has 0 saturated carbocycles. The van der Waals surface area contributed by atoms with E-state index in [0.717, 1.165) is 18.2 Å². The fourth-order valence-corrected chi connectivity index (χ4v) is 2.98. The number of anilines is 1. The number of imide groups is 1. The third-order valence-electron chi connectivity index (χ3n) is 4.19. The summed E-state index contributed by atoms with van der Waals surface area (Å²) in [5.74, 6) is -3.15. The highest BCUT2D eigenvalue weighted by Gasteiger charge is 2.50. The van der Waals surface area contributed by atoms with Crippen molar-refractivity contribution in [2.45, 2.75) is 12.5 Å². The van der Waals surface area contributed by atoms with E-state index in [-0.39, 0.29) is 10.6 Å². The molecule has 1 heterocycles. The minimum absolute atomic E-state index is 0.287. The molecule has 9 heteroatoms. The number of amides is 4. The van der Waals surface area contributed by atoms with Gasteiger partial charge in [0, 0.05) is 5.56 Å². The molecule has 0 spiro atoms. The Kier molecular flexibility index (Phi) is 4.84. The predicted octanol–water partition coefficient (Wildman–Crippen LogP) is 3.02. The van der Waals surface area contributed by atoms with Crippen LogP contribution in [0.3, 0.4) is 0 Å². The predicted molar refractivity (Wildman–Crippen MR) is 94.0 cm³/mol.